The van der Waals surface area contributed by atoms with Crippen LogP contribution in [-0.2, 0) is 16.1 Å². The second-order valence-electron chi connectivity index (χ2n) is 7.35. The monoisotopic (exact) mass is 395 g/mol. The van der Waals surface area contributed by atoms with E-state index in [1.807, 2.05) is 85.2 Å². The van der Waals surface area contributed by atoms with Crippen LogP contribution in [0.3, 0.4) is 0 Å². The van der Waals surface area contributed by atoms with Crippen LogP contribution in [0.5, 0.6) is 0 Å². The van der Waals surface area contributed by atoms with Gasteiger partial charge in [-0.3, -0.25) is 14.5 Å². The second-order valence-corrected chi connectivity index (χ2v) is 7.35. The first kappa shape index (κ1) is 22.6. The molecule has 2 amide bonds. The Morgan fingerprint density at radius 1 is 1.00 bits per heavy atom. The van der Waals surface area contributed by atoms with Crippen molar-refractivity contribution in [3.63, 3.8) is 0 Å². The van der Waals surface area contributed by atoms with E-state index < -0.39 is 0 Å². The number of hydrogen-bond donors (Lipinski definition) is 1. The molecule has 0 saturated carbocycles. The van der Waals surface area contributed by atoms with Gasteiger partial charge in [0, 0.05) is 18.8 Å². The molecule has 0 bridgehead atoms. The summed E-state index contributed by atoms with van der Waals surface area (Å²) < 4.78 is 0. The summed E-state index contributed by atoms with van der Waals surface area (Å²) in [6.45, 7) is 10.0. The first-order valence-electron chi connectivity index (χ1n) is 10.4. The van der Waals surface area contributed by atoms with Gasteiger partial charge in [-0.05, 0) is 50.9 Å². The van der Waals surface area contributed by atoms with Crippen molar-refractivity contribution >= 4 is 17.5 Å². The number of aryl methyl sites for hydroxylation is 1. The van der Waals surface area contributed by atoms with Crippen molar-refractivity contribution in [3.8, 4) is 0 Å². The van der Waals surface area contributed by atoms with Crippen LogP contribution in [0.1, 0.15) is 38.3 Å². The van der Waals surface area contributed by atoms with E-state index in [1.165, 1.54) is 0 Å². The van der Waals surface area contributed by atoms with E-state index >= 15 is 0 Å². The van der Waals surface area contributed by atoms with Crippen LogP contribution in [-0.4, -0.2) is 47.3 Å². The molecule has 0 aliphatic heterocycles. The van der Waals surface area contributed by atoms with Crippen LogP contribution < -0.4 is 5.32 Å². The molecule has 0 heterocycles. The van der Waals surface area contributed by atoms with E-state index in [0.29, 0.717) is 19.6 Å². The maximum Gasteiger partial charge on any atom is 0.239 e. The third kappa shape index (κ3) is 6.71. The summed E-state index contributed by atoms with van der Waals surface area (Å²) in [5.74, 6) is -0.0491. The molecule has 2 aromatic carbocycles. The molecule has 1 atom stereocenters. The third-order valence-electron chi connectivity index (χ3n) is 5.09. The van der Waals surface area contributed by atoms with Gasteiger partial charge in [0.15, 0.2) is 0 Å². The molecule has 0 aliphatic rings. The van der Waals surface area contributed by atoms with E-state index in [4.69, 9.17) is 0 Å². The van der Waals surface area contributed by atoms with Crippen molar-refractivity contribution in [2.45, 2.75) is 46.7 Å². The zero-order chi connectivity index (χ0) is 21.2. The second kappa shape index (κ2) is 11.4. The standard InChI is InChI=1S/C24H33N3O2/c1-5-16-27(18-23(28)25-22-15-11-10-12-19(22)3)20(4)24(29)26(6-2)17-21-13-8-7-9-14-21/h7-15,20H,5-6,16-18H2,1-4H3,(H,25,28). The summed E-state index contributed by atoms with van der Waals surface area (Å²) in [7, 11) is 0. The number of nitrogens with zero attached hydrogens (tertiary/aromatic N) is 2. The van der Waals surface area contributed by atoms with Gasteiger partial charge in [0.2, 0.25) is 11.8 Å². The Morgan fingerprint density at radius 2 is 1.66 bits per heavy atom. The minimum absolute atomic E-state index is 0.0495. The van der Waals surface area contributed by atoms with Crippen LogP contribution in [0.25, 0.3) is 0 Å². The quantitative estimate of drug-likeness (QED) is 0.659. The number of benzene rings is 2. The Bertz CT molecular complexity index is 792. The molecule has 1 unspecified atom stereocenters. The minimum Gasteiger partial charge on any atom is -0.337 e. The molecule has 0 saturated heterocycles. The fourth-order valence-electron chi connectivity index (χ4n) is 3.35. The average molecular weight is 396 g/mol. The highest BCUT2D eigenvalue weighted by atomic mass is 16.2. The van der Waals surface area contributed by atoms with Gasteiger partial charge in [0.05, 0.1) is 12.6 Å². The van der Waals surface area contributed by atoms with Crippen LogP contribution in [0.2, 0.25) is 0 Å². The smallest absolute Gasteiger partial charge is 0.239 e. The van der Waals surface area contributed by atoms with Crippen LogP contribution >= 0.6 is 0 Å². The van der Waals surface area contributed by atoms with Crippen molar-refractivity contribution < 1.29 is 9.59 Å². The van der Waals surface area contributed by atoms with E-state index in [1.54, 1.807) is 0 Å². The third-order valence-corrected chi connectivity index (χ3v) is 5.09. The van der Waals surface area contributed by atoms with E-state index in [0.717, 1.165) is 23.2 Å². The van der Waals surface area contributed by atoms with Gasteiger partial charge in [-0.2, -0.15) is 0 Å². The van der Waals surface area contributed by atoms with Crippen LogP contribution in [0, 0.1) is 6.92 Å². The number of hydrogen-bond acceptors (Lipinski definition) is 3. The van der Waals surface area contributed by atoms with Gasteiger partial charge >= 0.3 is 0 Å². The number of para-hydroxylation sites is 1. The highest BCUT2D eigenvalue weighted by Gasteiger charge is 2.26. The van der Waals surface area contributed by atoms with E-state index in [2.05, 4.69) is 12.2 Å². The molecule has 156 valence electrons. The van der Waals surface area contributed by atoms with Crippen molar-refractivity contribution in [1.82, 2.24) is 9.80 Å². The Kier molecular flexibility index (Phi) is 8.87. The van der Waals surface area contributed by atoms with Gasteiger partial charge in [0.25, 0.3) is 0 Å². The molecular weight excluding hydrogens is 362 g/mol. The molecular formula is C24H33N3O2. The lowest BCUT2D eigenvalue weighted by Crippen LogP contribution is -2.49. The molecule has 5 heteroatoms. The molecule has 2 aromatic rings. The molecule has 29 heavy (non-hydrogen) atoms. The predicted octanol–water partition coefficient (Wildman–Crippen LogP) is 4.08. The zero-order valence-corrected chi connectivity index (χ0v) is 18.0. The molecule has 1 N–H and O–H groups in total. The topological polar surface area (TPSA) is 52.7 Å². The largest absolute Gasteiger partial charge is 0.337 e. The highest BCUT2D eigenvalue weighted by molar-refractivity contribution is 5.93. The molecule has 2 rings (SSSR count). The number of nitrogens with one attached hydrogen (secondary N) is 1. The van der Waals surface area contributed by atoms with Gasteiger partial charge in [0.1, 0.15) is 0 Å². The van der Waals surface area contributed by atoms with Crippen molar-refractivity contribution in [3.05, 3.63) is 65.7 Å². The molecule has 0 fully saturated rings. The Labute approximate surface area is 174 Å². The summed E-state index contributed by atoms with van der Waals surface area (Å²) in [4.78, 5) is 29.6. The van der Waals surface area contributed by atoms with E-state index in [9.17, 15) is 9.59 Å². The molecule has 5 nitrogen and oxygen atoms in total. The van der Waals surface area contributed by atoms with Gasteiger partial charge < -0.3 is 10.2 Å². The first-order valence-corrected chi connectivity index (χ1v) is 10.4. The predicted molar refractivity (Wildman–Crippen MR) is 119 cm³/mol. The Morgan fingerprint density at radius 3 is 2.28 bits per heavy atom. The normalized spacial score (nSPS) is 11.9. The first-order chi connectivity index (χ1) is 14.0. The summed E-state index contributed by atoms with van der Waals surface area (Å²) in [6, 6.07) is 17.3. The van der Waals surface area contributed by atoms with Crippen molar-refractivity contribution in [2.75, 3.05) is 25.0 Å². The fourth-order valence-corrected chi connectivity index (χ4v) is 3.35. The van der Waals surface area contributed by atoms with Gasteiger partial charge in [-0.1, -0.05) is 55.5 Å². The van der Waals surface area contributed by atoms with E-state index in [-0.39, 0.29) is 24.4 Å². The Hall–Kier alpha value is -2.66. The lowest BCUT2D eigenvalue weighted by atomic mass is 10.1. The number of carbonyl (C=O) groups is 2. The zero-order valence-electron chi connectivity index (χ0n) is 18.0. The highest BCUT2D eigenvalue weighted by Crippen LogP contribution is 2.14. The van der Waals surface area contributed by atoms with Crippen molar-refractivity contribution in [1.29, 1.82) is 0 Å². The van der Waals surface area contributed by atoms with Crippen LogP contribution in [0.4, 0.5) is 5.69 Å². The minimum atomic E-state index is -0.360. The van der Waals surface area contributed by atoms with Crippen LogP contribution in [0.15, 0.2) is 54.6 Å². The number of amides is 2. The number of anilines is 1. The maximum atomic E-state index is 13.1. The molecule has 0 aromatic heterocycles. The maximum absolute atomic E-state index is 13.1. The lowest BCUT2D eigenvalue weighted by Gasteiger charge is -2.32. The van der Waals surface area contributed by atoms with Crippen molar-refractivity contribution in [2.24, 2.45) is 0 Å². The summed E-state index contributed by atoms with van der Waals surface area (Å²) in [6.07, 6.45) is 0.875. The number of rotatable bonds is 10. The number of likely N-dealkylation sites (N-methyl/N-ethyl adjacent to an activating group) is 1. The Balaban J connectivity index is 2.04. The fraction of sp³-hybridized carbons (Fsp3) is 0.417. The molecule has 0 spiro atoms. The SMILES string of the molecule is CCCN(CC(=O)Nc1ccccc1C)C(C)C(=O)N(CC)Cc1ccccc1. The van der Waals surface area contributed by atoms with Gasteiger partial charge in [-0.15, -0.1) is 0 Å². The van der Waals surface area contributed by atoms with Gasteiger partial charge in [-0.25, -0.2) is 0 Å². The average Bonchev–Trinajstić information content (AvgIpc) is 2.73. The molecule has 0 aliphatic carbocycles. The summed E-state index contributed by atoms with van der Waals surface area (Å²) in [5, 5.41) is 2.97. The molecule has 0 radical (unpaired) electrons. The summed E-state index contributed by atoms with van der Waals surface area (Å²) >= 11 is 0. The number of carbonyl (C=O) groups excluding carboxylic acids is 2. The summed E-state index contributed by atoms with van der Waals surface area (Å²) in [5.41, 5.74) is 2.94. The lowest BCUT2D eigenvalue weighted by molar-refractivity contribution is -0.137.